The number of piperidine rings is 1. The molecule has 0 unspecified atom stereocenters. The number of nitrogens with one attached hydrogen (secondary N) is 2. The minimum atomic E-state index is 0.615. The fourth-order valence-corrected chi connectivity index (χ4v) is 3.42. The number of hydrogen-bond donors (Lipinski definition) is 2. The summed E-state index contributed by atoms with van der Waals surface area (Å²) in [4.78, 5) is 2.54. The number of halogens is 1. The Bertz CT molecular complexity index is 696. The Hall–Kier alpha value is -1.62. The number of nitrogens with zero attached hydrogens (tertiary/aromatic N) is 1. The molecule has 0 bridgehead atoms. The molecule has 0 spiro atoms. The van der Waals surface area contributed by atoms with Crippen molar-refractivity contribution in [3.05, 3.63) is 64.7 Å². The van der Waals surface area contributed by atoms with E-state index in [4.69, 9.17) is 23.8 Å². The van der Waals surface area contributed by atoms with E-state index in [1.54, 1.807) is 0 Å². The third-order valence-corrected chi connectivity index (χ3v) is 4.90. The van der Waals surface area contributed by atoms with Gasteiger partial charge in [-0.1, -0.05) is 42.3 Å². The van der Waals surface area contributed by atoms with Gasteiger partial charge in [-0.25, -0.2) is 0 Å². The highest BCUT2D eigenvalue weighted by molar-refractivity contribution is 7.80. The molecule has 2 aromatic rings. The first kappa shape index (κ1) is 18.2. The molecular weight excluding hydrogens is 350 g/mol. The van der Waals surface area contributed by atoms with E-state index < -0.39 is 0 Å². The van der Waals surface area contributed by atoms with Gasteiger partial charge >= 0.3 is 0 Å². The van der Waals surface area contributed by atoms with Crippen LogP contribution in [0.15, 0.2) is 48.5 Å². The van der Waals surface area contributed by atoms with Crippen molar-refractivity contribution in [2.45, 2.75) is 32.4 Å². The van der Waals surface area contributed by atoms with Gasteiger partial charge in [-0.05, 0) is 73.5 Å². The summed E-state index contributed by atoms with van der Waals surface area (Å²) in [6.07, 6.45) is 4.02. The first-order valence-corrected chi connectivity index (χ1v) is 9.58. The van der Waals surface area contributed by atoms with E-state index in [0.717, 1.165) is 17.3 Å². The van der Waals surface area contributed by atoms with Gasteiger partial charge in [0, 0.05) is 23.8 Å². The lowest BCUT2D eigenvalue weighted by Gasteiger charge is -2.26. The topological polar surface area (TPSA) is 27.3 Å². The molecule has 1 saturated heterocycles. The second-order valence-electron chi connectivity index (χ2n) is 6.47. The van der Waals surface area contributed by atoms with E-state index in [2.05, 4.69) is 39.8 Å². The van der Waals surface area contributed by atoms with Crippen LogP contribution in [0.25, 0.3) is 0 Å². The van der Waals surface area contributed by atoms with Crippen LogP contribution in [0.5, 0.6) is 0 Å². The predicted octanol–water partition coefficient (Wildman–Crippen LogP) is 4.81. The lowest BCUT2D eigenvalue weighted by molar-refractivity contribution is 0.221. The number of thiocarbonyl (C=S) groups is 1. The maximum absolute atomic E-state index is 5.89. The summed E-state index contributed by atoms with van der Waals surface area (Å²) in [6.45, 7) is 4.20. The highest BCUT2D eigenvalue weighted by Crippen LogP contribution is 2.15. The molecule has 5 heteroatoms. The largest absolute Gasteiger partial charge is 0.358 e. The van der Waals surface area contributed by atoms with Gasteiger partial charge in [-0.3, -0.25) is 4.90 Å². The average molecular weight is 374 g/mol. The van der Waals surface area contributed by atoms with Crippen LogP contribution in [-0.2, 0) is 13.1 Å². The molecule has 0 atom stereocenters. The van der Waals surface area contributed by atoms with E-state index in [1.807, 2.05) is 24.3 Å². The Kier molecular flexibility index (Phi) is 6.68. The van der Waals surface area contributed by atoms with Gasteiger partial charge in [0.2, 0.25) is 0 Å². The van der Waals surface area contributed by atoms with Crippen LogP contribution < -0.4 is 10.6 Å². The number of likely N-dealkylation sites (tertiary alicyclic amines) is 1. The van der Waals surface area contributed by atoms with Crippen molar-refractivity contribution in [3.63, 3.8) is 0 Å². The zero-order valence-corrected chi connectivity index (χ0v) is 15.9. The zero-order chi connectivity index (χ0) is 17.5. The fraction of sp³-hybridized carbons (Fsp3) is 0.350. The van der Waals surface area contributed by atoms with Crippen molar-refractivity contribution in [1.82, 2.24) is 10.2 Å². The molecule has 132 valence electrons. The molecule has 0 aliphatic carbocycles. The monoisotopic (exact) mass is 373 g/mol. The van der Waals surface area contributed by atoms with Crippen molar-refractivity contribution in [3.8, 4) is 0 Å². The van der Waals surface area contributed by atoms with Gasteiger partial charge < -0.3 is 10.6 Å². The summed E-state index contributed by atoms with van der Waals surface area (Å²) >= 11 is 11.3. The van der Waals surface area contributed by atoms with Crippen molar-refractivity contribution in [1.29, 1.82) is 0 Å². The van der Waals surface area contributed by atoms with Crippen molar-refractivity contribution in [2.24, 2.45) is 0 Å². The second kappa shape index (κ2) is 9.18. The highest BCUT2D eigenvalue weighted by atomic mass is 35.5. The molecule has 25 heavy (non-hydrogen) atoms. The summed E-state index contributed by atoms with van der Waals surface area (Å²) in [7, 11) is 0. The van der Waals surface area contributed by atoms with Gasteiger partial charge in [0.25, 0.3) is 0 Å². The lowest BCUT2D eigenvalue weighted by Crippen LogP contribution is -2.29. The second-order valence-corrected chi connectivity index (χ2v) is 7.32. The molecule has 3 nitrogen and oxygen atoms in total. The summed E-state index contributed by atoms with van der Waals surface area (Å²) < 4.78 is 0. The maximum Gasteiger partial charge on any atom is 0.171 e. The highest BCUT2D eigenvalue weighted by Gasteiger charge is 2.10. The van der Waals surface area contributed by atoms with E-state index >= 15 is 0 Å². The van der Waals surface area contributed by atoms with Gasteiger partial charge in [0.05, 0.1) is 0 Å². The first-order chi connectivity index (χ1) is 12.2. The quantitative estimate of drug-likeness (QED) is 0.735. The Labute approximate surface area is 160 Å². The van der Waals surface area contributed by atoms with Gasteiger partial charge in [-0.2, -0.15) is 0 Å². The number of anilines is 1. The van der Waals surface area contributed by atoms with E-state index in [-0.39, 0.29) is 0 Å². The standard InChI is InChI=1S/C20H24ClN3S/c21-18-7-9-19(10-8-18)23-20(25)22-14-16-5-4-6-17(13-16)15-24-11-2-1-3-12-24/h4-10,13H,1-3,11-12,14-15H2,(H2,22,23,25). The summed E-state index contributed by atoms with van der Waals surface area (Å²) in [5, 5.41) is 7.77. The zero-order valence-electron chi connectivity index (χ0n) is 14.3. The smallest absolute Gasteiger partial charge is 0.171 e. The molecule has 0 radical (unpaired) electrons. The number of rotatable bonds is 5. The Morgan fingerprint density at radius 1 is 1.00 bits per heavy atom. The van der Waals surface area contributed by atoms with E-state index in [9.17, 15) is 0 Å². The summed E-state index contributed by atoms with van der Waals surface area (Å²) in [5.74, 6) is 0. The molecule has 0 saturated carbocycles. The molecule has 3 rings (SSSR count). The molecule has 2 N–H and O–H groups in total. The van der Waals surface area contributed by atoms with E-state index in [1.165, 1.54) is 43.5 Å². The van der Waals surface area contributed by atoms with Gasteiger partial charge in [0.15, 0.2) is 5.11 Å². The third kappa shape index (κ3) is 5.99. The average Bonchev–Trinajstić information content (AvgIpc) is 2.63. The molecule has 2 aromatic carbocycles. The Balaban J connectivity index is 1.49. The minimum absolute atomic E-state index is 0.615. The van der Waals surface area contributed by atoms with Crippen LogP contribution in [0.4, 0.5) is 5.69 Å². The molecule has 1 aliphatic heterocycles. The fourth-order valence-electron chi connectivity index (χ4n) is 3.10. The van der Waals surface area contributed by atoms with Crippen LogP contribution in [-0.4, -0.2) is 23.1 Å². The van der Waals surface area contributed by atoms with Crippen molar-refractivity contribution < 1.29 is 0 Å². The molecular formula is C20H24ClN3S. The van der Waals surface area contributed by atoms with Gasteiger partial charge in [-0.15, -0.1) is 0 Å². The number of hydrogen-bond acceptors (Lipinski definition) is 2. The van der Waals surface area contributed by atoms with Crippen LogP contribution in [0.3, 0.4) is 0 Å². The normalized spacial score (nSPS) is 14.9. The maximum atomic E-state index is 5.89. The van der Waals surface area contributed by atoms with Crippen LogP contribution in [0.2, 0.25) is 5.02 Å². The Morgan fingerprint density at radius 2 is 1.72 bits per heavy atom. The number of benzene rings is 2. The Morgan fingerprint density at radius 3 is 2.48 bits per heavy atom. The summed E-state index contributed by atoms with van der Waals surface area (Å²) in [5.41, 5.74) is 3.55. The molecule has 0 amide bonds. The van der Waals surface area contributed by atoms with Crippen LogP contribution >= 0.6 is 23.8 Å². The van der Waals surface area contributed by atoms with E-state index in [0.29, 0.717) is 11.7 Å². The van der Waals surface area contributed by atoms with Crippen LogP contribution in [0, 0.1) is 0 Å². The molecule has 1 heterocycles. The lowest BCUT2D eigenvalue weighted by atomic mass is 10.1. The summed E-state index contributed by atoms with van der Waals surface area (Å²) in [6, 6.07) is 16.3. The first-order valence-electron chi connectivity index (χ1n) is 8.80. The molecule has 0 aromatic heterocycles. The molecule has 1 fully saturated rings. The van der Waals surface area contributed by atoms with Crippen molar-refractivity contribution >= 4 is 34.6 Å². The van der Waals surface area contributed by atoms with Gasteiger partial charge in [0.1, 0.15) is 0 Å². The predicted molar refractivity (Wildman–Crippen MR) is 110 cm³/mol. The van der Waals surface area contributed by atoms with Crippen molar-refractivity contribution in [2.75, 3.05) is 18.4 Å². The SMILES string of the molecule is S=C(NCc1cccc(CN2CCCCC2)c1)Nc1ccc(Cl)cc1. The minimum Gasteiger partial charge on any atom is -0.358 e. The van der Waals surface area contributed by atoms with Crippen LogP contribution in [0.1, 0.15) is 30.4 Å². The third-order valence-electron chi connectivity index (χ3n) is 4.40. The molecule has 1 aliphatic rings.